The van der Waals surface area contributed by atoms with Crippen LogP contribution in [0.3, 0.4) is 0 Å². The Hall–Kier alpha value is -3.30. The van der Waals surface area contributed by atoms with E-state index in [4.69, 9.17) is 11.6 Å². The molecule has 2 aromatic carbocycles. The lowest BCUT2D eigenvalue weighted by Crippen LogP contribution is -2.39. The summed E-state index contributed by atoms with van der Waals surface area (Å²) in [5, 5.41) is 14.4. The number of rotatable bonds is 7. The van der Waals surface area contributed by atoms with Crippen LogP contribution in [0.15, 0.2) is 54.6 Å². The molecular weight excluding hydrogens is 486 g/mol. The Morgan fingerprint density at radius 3 is 2.37 bits per heavy atom. The largest absolute Gasteiger partial charge is 0.350 e. The van der Waals surface area contributed by atoms with E-state index in [1.165, 1.54) is 0 Å². The van der Waals surface area contributed by atoms with E-state index in [0.717, 1.165) is 29.7 Å². The van der Waals surface area contributed by atoms with E-state index in [-0.39, 0.29) is 33.8 Å². The Labute approximate surface area is 212 Å². The van der Waals surface area contributed by atoms with Crippen molar-refractivity contribution in [3.05, 3.63) is 75.2 Å². The normalized spacial score (nSPS) is 14.9. The van der Waals surface area contributed by atoms with Gasteiger partial charge in [0.25, 0.3) is 11.8 Å². The second-order valence-electron chi connectivity index (χ2n) is 8.51. The molecule has 1 unspecified atom stereocenters. The Morgan fingerprint density at radius 1 is 1.03 bits per heavy atom. The maximum absolute atomic E-state index is 12.9. The second-order valence-corrected chi connectivity index (χ2v) is 9.93. The number of anilines is 1. The fraction of sp³-hybridized carbons (Fsp3) is 0.320. The van der Waals surface area contributed by atoms with Gasteiger partial charge in [-0.15, -0.1) is 10.2 Å². The molecule has 10 heteroatoms. The Kier molecular flexibility index (Phi) is 8.09. The van der Waals surface area contributed by atoms with Crippen molar-refractivity contribution in [1.82, 2.24) is 20.4 Å². The highest BCUT2D eigenvalue weighted by molar-refractivity contribution is 7.15. The third-order valence-electron chi connectivity index (χ3n) is 5.96. The third kappa shape index (κ3) is 6.64. The SMILES string of the molecule is CC(NC(=O)CC1CCN(C(=O)c2nnc(C(=O)Nc3ccc(Cl)cc3)s2)CC1)c1ccccc1. The van der Waals surface area contributed by atoms with E-state index in [2.05, 4.69) is 20.8 Å². The van der Waals surface area contributed by atoms with Crippen LogP contribution in [0, 0.1) is 5.92 Å². The molecule has 1 aliphatic heterocycles. The van der Waals surface area contributed by atoms with Crippen molar-refractivity contribution in [2.45, 2.75) is 32.2 Å². The van der Waals surface area contributed by atoms with Crippen molar-refractivity contribution < 1.29 is 14.4 Å². The lowest BCUT2D eigenvalue weighted by Gasteiger charge is -2.31. The van der Waals surface area contributed by atoms with Crippen LogP contribution >= 0.6 is 22.9 Å². The molecule has 1 aliphatic rings. The molecule has 35 heavy (non-hydrogen) atoms. The van der Waals surface area contributed by atoms with Gasteiger partial charge in [-0.05, 0) is 55.5 Å². The van der Waals surface area contributed by atoms with Gasteiger partial charge in [0.15, 0.2) is 0 Å². The van der Waals surface area contributed by atoms with E-state index in [1.54, 1.807) is 29.2 Å². The Balaban J connectivity index is 1.24. The molecule has 2 heterocycles. The average molecular weight is 512 g/mol. The first-order chi connectivity index (χ1) is 16.9. The smallest absolute Gasteiger partial charge is 0.286 e. The highest BCUT2D eigenvalue weighted by atomic mass is 35.5. The van der Waals surface area contributed by atoms with Crippen molar-refractivity contribution in [3.8, 4) is 0 Å². The van der Waals surface area contributed by atoms with Crippen molar-refractivity contribution in [2.24, 2.45) is 5.92 Å². The molecule has 0 aliphatic carbocycles. The van der Waals surface area contributed by atoms with Gasteiger partial charge in [-0.25, -0.2) is 0 Å². The Morgan fingerprint density at radius 2 is 1.69 bits per heavy atom. The van der Waals surface area contributed by atoms with Gasteiger partial charge in [0.2, 0.25) is 15.9 Å². The highest BCUT2D eigenvalue weighted by Crippen LogP contribution is 2.24. The molecule has 1 saturated heterocycles. The number of nitrogens with zero attached hydrogens (tertiary/aromatic N) is 3. The number of amides is 3. The molecule has 3 aromatic rings. The summed E-state index contributed by atoms with van der Waals surface area (Å²) >= 11 is 6.82. The molecule has 0 bridgehead atoms. The fourth-order valence-corrected chi connectivity index (χ4v) is 4.81. The number of halogens is 1. The van der Waals surface area contributed by atoms with Gasteiger partial charge in [-0.2, -0.15) is 0 Å². The summed E-state index contributed by atoms with van der Waals surface area (Å²) in [6.45, 7) is 3.05. The minimum Gasteiger partial charge on any atom is -0.350 e. The zero-order chi connectivity index (χ0) is 24.8. The first-order valence-corrected chi connectivity index (χ1v) is 12.6. The molecule has 1 aromatic heterocycles. The summed E-state index contributed by atoms with van der Waals surface area (Å²) in [5.74, 6) is -0.435. The number of benzene rings is 2. The fourth-order valence-electron chi connectivity index (χ4n) is 3.98. The summed E-state index contributed by atoms with van der Waals surface area (Å²) in [4.78, 5) is 39.5. The molecule has 1 atom stereocenters. The van der Waals surface area contributed by atoms with Crippen LogP contribution in [-0.4, -0.2) is 45.9 Å². The number of carbonyl (C=O) groups excluding carboxylic acids is 3. The number of piperidine rings is 1. The van der Waals surface area contributed by atoms with Gasteiger partial charge in [0.1, 0.15) is 0 Å². The van der Waals surface area contributed by atoms with Gasteiger partial charge in [0.05, 0.1) is 6.04 Å². The molecule has 0 spiro atoms. The van der Waals surface area contributed by atoms with Crippen molar-refractivity contribution in [1.29, 1.82) is 0 Å². The number of hydrogen-bond donors (Lipinski definition) is 2. The third-order valence-corrected chi connectivity index (χ3v) is 7.12. The van der Waals surface area contributed by atoms with Crippen LogP contribution in [0.2, 0.25) is 5.02 Å². The molecule has 2 N–H and O–H groups in total. The van der Waals surface area contributed by atoms with Crippen LogP contribution in [0.4, 0.5) is 5.69 Å². The van der Waals surface area contributed by atoms with Gasteiger partial charge in [-0.3, -0.25) is 14.4 Å². The van der Waals surface area contributed by atoms with E-state index < -0.39 is 5.91 Å². The lowest BCUT2D eigenvalue weighted by molar-refractivity contribution is -0.122. The molecule has 0 saturated carbocycles. The number of aromatic nitrogens is 2. The summed E-state index contributed by atoms with van der Waals surface area (Å²) in [6, 6.07) is 16.5. The molecule has 8 nitrogen and oxygen atoms in total. The quantitative estimate of drug-likeness (QED) is 0.483. The van der Waals surface area contributed by atoms with Crippen molar-refractivity contribution in [2.75, 3.05) is 18.4 Å². The van der Waals surface area contributed by atoms with Crippen LogP contribution in [0.5, 0.6) is 0 Å². The minimum atomic E-state index is -0.432. The highest BCUT2D eigenvalue weighted by Gasteiger charge is 2.28. The molecule has 0 radical (unpaired) electrons. The van der Waals surface area contributed by atoms with E-state index >= 15 is 0 Å². The standard InChI is InChI=1S/C25H26ClN5O3S/c1-16(18-5-3-2-4-6-18)27-21(32)15-17-11-13-31(14-12-17)25(34)24-30-29-23(35-24)22(33)28-20-9-7-19(26)8-10-20/h2-10,16-17H,11-15H2,1H3,(H,27,32)(H,28,33). The van der Waals surface area contributed by atoms with Gasteiger partial charge < -0.3 is 15.5 Å². The topological polar surface area (TPSA) is 104 Å². The number of nitrogens with one attached hydrogen (secondary N) is 2. The summed E-state index contributed by atoms with van der Waals surface area (Å²) < 4.78 is 0. The number of hydrogen-bond acceptors (Lipinski definition) is 6. The van der Waals surface area contributed by atoms with Crippen LogP contribution < -0.4 is 10.6 Å². The van der Waals surface area contributed by atoms with Crippen molar-refractivity contribution >= 4 is 46.3 Å². The van der Waals surface area contributed by atoms with Crippen LogP contribution in [0.25, 0.3) is 0 Å². The summed E-state index contributed by atoms with van der Waals surface area (Å²) in [7, 11) is 0. The molecule has 4 rings (SSSR count). The summed E-state index contributed by atoms with van der Waals surface area (Å²) in [5.41, 5.74) is 1.64. The molecule has 1 fully saturated rings. The van der Waals surface area contributed by atoms with Gasteiger partial charge >= 0.3 is 0 Å². The van der Waals surface area contributed by atoms with E-state index in [0.29, 0.717) is 30.2 Å². The summed E-state index contributed by atoms with van der Waals surface area (Å²) in [6.07, 6.45) is 1.91. The predicted octanol–water partition coefficient (Wildman–Crippen LogP) is 4.56. The molecule has 182 valence electrons. The van der Waals surface area contributed by atoms with Crippen molar-refractivity contribution in [3.63, 3.8) is 0 Å². The average Bonchev–Trinajstić information content (AvgIpc) is 3.36. The van der Waals surface area contributed by atoms with E-state index in [1.807, 2.05) is 37.3 Å². The van der Waals surface area contributed by atoms with Gasteiger partial charge in [-0.1, -0.05) is 53.3 Å². The zero-order valence-corrected chi connectivity index (χ0v) is 20.8. The maximum Gasteiger partial charge on any atom is 0.286 e. The first kappa shape index (κ1) is 24.8. The second kappa shape index (κ2) is 11.4. The first-order valence-electron chi connectivity index (χ1n) is 11.4. The minimum absolute atomic E-state index is 0.0200. The van der Waals surface area contributed by atoms with Crippen LogP contribution in [-0.2, 0) is 4.79 Å². The zero-order valence-electron chi connectivity index (χ0n) is 19.2. The molecule has 3 amide bonds. The van der Waals surface area contributed by atoms with E-state index in [9.17, 15) is 14.4 Å². The monoisotopic (exact) mass is 511 g/mol. The number of carbonyl (C=O) groups is 3. The van der Waals surface area contributed by atoms with Gasteiger partial charge in [0, 0.05) is 30.2 Å². The Bertz CT molecular complexity index is 1180. The number of likely N-dealkylation sites (tertiary alicyclic amines) is 1. The molecular formula is C25H26ClN5O3S. The predicted molar refractivity (Wildman–Crippen MR) is 136 cm³/mol. The lowest BCUT2D eigenvalue weighted by atomic mass is 9.93. The van der Waals surface area contributed by atoms with Crippen LogP contribution in [0.1, 0.15) is 57.4 Å². The maximum atomic E-state index is 12.9.